The number of aliphatic carboxylic acids is 1. The number of nitrogens with zero attached hydrogens (tertiary/aromatic N) is 1. The number of carbonyl (C=O) groups excluding carboxylic acids is 1. The molecule has 0 spiro atoms. The number of halogens is 1. The molecule has 1 aromatic rings. The van der Waals surface area contributed by atoms with Crippen molar-refractivity contribution in [2.75, 3.05) is 6.54 Å². The highest BCUT2D eigenvalue weighted by Crippen LogP contribution is 2.38. The van der Waals surface area contributed by atoms with Gasteiger partial charge in [0.25, 0.3) is 0 Å². The lowest BCUT2D eigenvalue weighted by Gasteiger charge is -2.42. The predicted octanol–water partition coefficient (Wildman–Crippen LogP) is 5.57. The normalized spacial score (nSPS) is 19.9. The molecule has 160 valence electrons. The van der Waals surface area contributed by atoms with Crippen LogP contribution < -0.4 is 5.32 Å². The van der Waals surface area contributed by atoms with Crippen LogP contribution in [0, 0.1) is 11.3 Å². The molecule has 1 aromatic carbocycles. The zero-order chi connectivity index (χ0) is 22.0. The van der Waals surface area contributed by atoms with Gasteiger partial charge in [-0.2, -0.15) is 0 Å². The van der Waals surface area contributed by atoms with Crippen LogP contribution in [0.1, 0.15) is 65.5 Å². The molecule has 1 atom stereocenters. The Morgan fingerprint density at radius 2 is 1.97 bits per heavy atom. The van der Waals surface area contributed by atoms with E-state index in [1.165, 1.54) is 4.90 Å². The molecule has 5 nitrogen and oxygen atoms in total. The number of carbonyl (C=O) groups is 2. The first-order valence-electron chi connectivity index (χ1n) is 10.1. The molecule has 0 aromatic heterocycles. The molecule has 0 unspecified atom stereocenters. The number of amides is 2. The lowest BCUT2D eigenvalue weighted by Crippen LogP contribution is -2.55. The molecule has 2 N–H and O–H groups in total. The van der Waals surface area contributed by atoms with Crippen LogP contribution in [0.2, 0.25) is 5.02 Å². The van der Waals surface area contributed by atoms with Crippen molar-refractivity contribution in [1.82, 2.24) is 10.2 Å². The highest BCUT2D eigenvalue weighted by Gasteiger charge is 2.39. The average molecular weight is 421 g/mol. The molecule has 0 saturated heterocycles. The Hall–Kier alpha value is -2.01. The van der Waals surface area contributed by atoms with Gasteiger partial charge in [-0.15, -0.1) is 0 Å². The smallest absolute Gasteiger partial charge is 0.322 e. The molecule has 0 fully saturated rings. The van der Waals surface area contributed by atoms with E-state index < -0.39 is 11.5 Å². The zero-order valence-electron chi connectivity index (χ0n) is 18.3. The molecule has 0 saturated carbocycles. The van der Waals surface area contributed by atoms with Crippen molar-refractivity contribution in [3.05, 3.63) is 46.1 Å². The molecule has 29 heavy (non-hydrogen) atoms. The van der Waals surface area contributed by atoms with Gasteiger partial charge in [-0.25, -0.2) is 4.79 Å². The Morgan fingerprint density at radius 1 is 1.31 bits per heavy atom. The first-order chi connectivity index (χ1) is 13.3. The number of carboxylic acid groups (broad SMARTS) is 1. The van der Waals surface area contributed by atoms with Gasteiger partial charge in [0.05, 0.1) is 12.0 Å². The molecule has 2 amide bonds. The molecular formula is C23H33ClN2O3. The van der Waals surface area contributed by atoms with E-state index in [9.17, 15) is 9.59 Å². The Morgan fingerprint density at radius 3 is 2.48 bits per heavy atom. The second kappa shape index (κ2) is 8.78. The van der Waals surface area contributed by atoms with E-state index in [4.69, 9.17) is 16.7 Å². The number of benzene rings is 1. The fourth-order valence-electron chi connectivity index (χ4n) is 3.63. The van der Waals surface area contributed by atoms with Gasteiger partial charge in [0.15, 0.2) is 0 Å². The fourth-order valence-corrected chi connectivity index (χ4v) is 3.91. The summed E-state index contributed by atoms with van der Waals surface area (Å²) in [5, 5.41) is 12.7. The molecule has 0 radical (unpaired) electrons. The van der Waals surface area contributed by atoms with E-state index in [0.29, 0.717) is 5.02 Å². The van der Waals surface area contributed by atoms with Crippen molar-refractivity contribution < 1.29 is 14.7 Å². The monoisotopic (exact) mass is 420 g/mol. The lowest BCUT2D eigenvalue weighted by molar-refractivity contribution is -0.137. The van der Waals surface area contributed by atoms with E-state index >= 15 is 0 Å². The maximum atomic E-state index is 12.7. The minimum Gasteiger partial charge on any atom is -0.481 e. The molecule has 6 heteroatoms. The third kappa shape index (κ3) is 5.75. The SMILES string of the molecule is CC(C)C1=CN(CCC(=O)O)C(=O)N[C@]1(C)c1ccc(CCC(C)(C)C)c(Cl)c1. The van der Waals surface area contributed by atoms with Crippen LogP contribution in [0.25, 0.3) is 0 Å². The number of urea groups is 1. The van der Waals surface area contributed by atoms with E-state index in [1.807, 2.05) is 19.1 Å². The summed E-state index contributed by atoms with van der Waals surface area (Å²) in [5.74, 6) is -0.768. The molecular weight excluding hydrogens is 388 g/mol. The summed E-state index contributed by atoms with van der Waals surface area (Å²) >= 11 is 6.61. The highest BCUT2D eigenvalue weighted by atomic mass is 35.5. The first kappa shape index (κ1) is 23.3. The number of aryl methyl sites for hydroxylation is 1. The molecule has 0 bridgehead atoms. The van der Waals surface area contributed by atoms with Gasteiger partial charge in [0.2, 0.25) is 0 Å². The van der Waals surface area contributed by atoms with E-state index in [-0.39, 0.29) is 30.3 Å². The Balaban J connectivity index is 2.36. The summed E-state index contributed by atoms with van der Waals surface area (Å²) in [5.41, 5.74) is 2.58. The molecule has 1 heterocycles. The number of rotatable bonds is 7. The lowest BCUT2D eigenvalue weighted by atomic mass is 9.78. The third-order valence-electron chi connectivity index (χ3n) is 5.45. The second-order valence-corrected chi connectivity index (χ2v) is 9.91. The standard InChI is InChI=1S/C23H33ClN2O3/c1-15(2)18-14-26(12-10-20(27)28)21(29)25-23(18,6)17-8-7-16(19(24)13-17)9-11-22(3,4)5/h7-8,13-15H,9-12H2,1-6H3,(H,25,29)(H,27,28)/t23-/m1/s1. The molecule has 2 rings (SSSR count). The van der Waals surface area contributed by atoms with Crippen molar-refractivity contribution >= 4 is 23.6 Å². The second-order valence-electron chi connectivity index (χ2n) is 9.50. The van der Waals surface area contributed by atoms with Crippen LogP contribution in [0.3, 0.4) is 0 Å². The average Bonchev–Trinajstić information content (AvgIpc) is 2.58. The van der Waals surface area contributed by atoms with Gasteiger partial charge >= 0.3 is 12.0 Å². The Bertz CT molecular complexity index is 811. The molecule has 1 aliphatic heterocycles. The third-order valence-corrected chi connectivity index (χ3v) is 5.81. The van der Waals surface area contributed by atoms with Crippen LogP contribution in [0.5, 0.6) is 0 Å². The summed E-state index contributed by atoms with van der Waals surface area (Å²) in [6.07, 6.45) is 3.64. The maximum Gasteiger partial charge on any atom is 0.322 e. The van der Waals surface area contributed by atoms with Crippen LogP contribution in [0.15, 0.2) is 30.0 Å². The minimum atomic E-state index is -0.928. The topological polar surface area (TPSA) is 69.6 Å². The van der Waals surface area contributed by atoms with Crippen LogP contribution in [-0.2, 0) is 16.8 Å². The quantitative estimate of drug-likeness (QED) is 0.605. The van der Waals surface area contributed by atoms with Gasteiger partial charge in [-0.3, -0.25) is 4.79 Å². The fraction of sp³-hybridized carbons (Fsp3) is 0.565. The minimum absolute atomic E-state index is 0.0969. The van der Waals surface area contributed by atoms with E-state index in [1.54, 1.807) is 6.20 Å². The first-order valence-corrected chi connectivity index (χ1v) is 10.5. The highest BCUT2D eigenvalue weighted by molar-refractivity contribution is 6.31. The summed E-state index contributed by atoms with van der Waals surface area (Å²) in [6.45, 7) is 12.9. The number of carboxylic acids is 1. The van der Waals surface area contributed by atoms with Crippen molar-refractivity contribution in [2.24, 2.45) is 11.3 Å². The Kier molecular flexibility index (Phi) is 7.05. The van der Waals surface area contributed by atoms with E-state index in [0.717, 1.165) is 29.5 Å². The number of hydrogen-bond donors (Lipinski definition) is 2. The molecule has 1 aliphatic rings. The van der Waals surface area contributed by atoms with Gasteiger partial charge in [-0.05, 0) is 53.9 Å². The number of hydrogen-bond acceptors (Lipinski definition) is 2. The Labute approximate surface area is 179 Å². The van der Waals surface area contributed by atoms with Crippen molar-refractivity contribution in [2.45, 2.75) is 66.3 Å². The zero-order valence-corrected chi connectivity index (χ0v) is 19.1. The van der Waals surface area contributed by atoms with Crippen LogP contribution in [-0.4, -0.2) is 28.6 Å². The molecule has 0 aliphatic carbocycles. The summed E-state index contributed by atoms with van der Waals surface area (Å²) < 4.78 is 0. The summed E-state index contributed by atoms with van der Waals surface area (Å²) in [7, 11) is 0. The van der Waals surface area contributed by atoms with Gasteiger partial charge in [-0.1, -0.05) is 58.4 Å². The predicted molar refractivity (Wildman–Crippen MR) is 117 cm³/mol. The maximum absolute atomic E-state index is 12.7. The van der Waals surface area contributed by atoms with E-state index in [2.05, 4.69) is 46.0 Å². The summed E-state index contributed by atoms with van der Waals surface area (Å²) in [4.78, 5) is 25.0. The van der Waals surface area contributed by atoms with Crippen molar-refractivity contribution in [1.29, 1.82) is 0 Å². The van der Waals surface area contributed by atoms with Gasteiger partial charge in [0.1, 0.15) is 0 Å². The summed E-state index contributed by atoms with van der Waals surface area (Å²) in [6, 6.07) is 5.73. The van der Waals surface area contributed by atoms with Crippen molar-refractivity contribution in [3.63, 3.8) is 0 Å². The van der Waals surface area contributed by atoms with Crippen LogP contribution in [0.4, 0.5) is 4.79 Å². The van der Waals surface area contributed by atoms with Crippen LogP contribution >= 0.6 is 11.6 Å². The van der Waals surface area contributed by atoms with Gasteiger partial charge < -0.3 is 15.3 Å². The van der Waals surface area contributed by atoms with Crippen molar-refractivity contribution in [3.8, 4) is 0 Å². The number of nitrogens with one attached hydrogen (secondary N) is 1. The van der Waals surface area contributed by atoms with Gasteiger partial charge in [0, 0.05) is 17.8 Å². The largest absolute Gasteiger partial charge is 0.481 e.